The van der Waals surface area contributed by atoms with Crippen LogP contribution < -0.4 is 14.8 Å². The van der Waals surface area contributed by atoms with Gasteiger partial charge in [-0.1, -0.05) is 48.5 Å². The first-order valence-electron chi connectivity index (χ1n) is 9.03. The molecule has 0 bridgehead atoms. The minimum Gasteiger partial charge on any atom is -0.497 e. The first kappa shape index (κ1) is 19.5. The van der Waals surface area contributed by atoms with E-state index in [9.17, 15) is 0 Å². The van der Waals surface area contributed by atoms with Crippen molar-refractivity contribution in [3.63, 3.8) is 0 Å². The monoisotopic (exact) mass is 425 g/mol. The van der Waals surface area contributed by atoms with E-state index in [1.807, 2.05) is 36.4 Å². The third kappa shape index (κ3) is 6.12. The van der Waals surface area contributed by atoms with Gasteiger partial charge in [-0.3, -0.25) is 0 Å². The van der Waals surface area contributed by atoms with Gasteiger partial charge in [0.1, 0.15) is 18.1 Å². The number of hydrogen-bond acceptors (Lipinski definition) is 3. The van der Waals surface area contributed by atoms with Crippen molar-refractivity contribution in [3.8, 4) is 11.5 Å². The number of ether oxygens (including phenoxy) is 2. The summed E-state index contributed by atoms with van der Waals surface area (Å²) in [5, 5.41) is 3.49. The molecule has 0 atom stereocenters. The van der Waals surface area contributed by atoms with Gasteiger partial charge in [-0.15, -0.1) is 0 Å². The molecule has 0 heterocycles. The van der Waals surface area contributed by atoms with Gasteiger partial charge in [0.05, 0.1) is 11.6 Å². The molecule has 0 amide bonds. The van der Waals surface area contributed by atoms with Crippen molar-refractivity contribution in [3.05, 3.63) is 94.0 Å². The summed E-state index contributed by atoms with van der Waals surface area (Å²) in [6.45, 7) is 2.32. The van der Waals surface area contributed by atoms with Crippen LogP contribution in [0.3, 0.4) is 0 Å². The summed E-state index contributed by atoms with van der Waals surface area (Å²) >= 11 is 3.62. The predicted octanol–water partition coefficient (Wildman–Crippen LogP) is 5.37. The normalized spacial score (nSPS) is 10.6. The molecule has 0 saturated heterocycles. The van der Waals surface area contributed by atoms with Crippen LogP contribution in [-0.2, 0) is 19.6 Å². The van der Waals surface area contributed by atoms with Crippen LogP contribution in [0.25, 0.3) is 0 Å². The largest absolute Gasteiger partial charge is 0.497 e. The maximum Gasteiger partial charge on any atom is 0.134 e. The van der Waals surface area contributed by atoms with Gasteiger partial charge >= 0.3 is 0 Å². The minimum absolute atomic E-state index is 0.568. The second kappa shape index (κ2) is 10.1. The van der Waals surface area contributed by atoms with Crippen LogP contribution in [0.15, 0.2) is 77.3 Å². The lowest BCUT2D eigenvalue weighted by atomic mass is 10.1. The molecule has 0 aliphatic carbocycles. The lowest BCUT2D eigenvalue weighted by Crippen LogP contribution is -2.16. The van der Waals surface area contributed by atoms with Crippen LogP contribution in [0.4, 0.5) is 0 Å². The van der Waals surface area contributed by atoms with Crippen molar-refractivity contribution in [2.45, 2.75) is 19.6 Å². The topological polar surface area (TPSA) is 30.5 Å². The van der Waals surface area contributed by atoms with Crippen molar-refractivity contribution in [1.29, 1.82) is 0 Å². The number of benzene rings is 3. The summed E-state index contributed by atoms with van der Waals surface area (Å²) in [5.74, 6) is 1.76. The molecule has 1 N–H and O–H groups in total. The number of hydrogen-bond donors (Lipinski definition) is 1. The molecular formula is C23H24BrNO2. The maximum atomic E-state index is 5.90. The molecule has 3 aromatic rings. The lowest BCUT2D eigenvalue weighted by Gasteiger charge is -2.11. The summed E-state index contributed by atoms with van der Waals surface area (Å²) in [7, 11) is 1.69. The van der Waals surface area contributed by atoms with Gasteiger partial charge in [0.2, 0.25) is 0 Å². The zero-order valence-corrected chi connectivity index (χ0v) is 17.0. The van der Waals surface area contributed by atoms with Crippen LogP contribution in [0, 0.1) is 0 Å². The molecular weight excluding hydrogens is 402 g/mol. The molecule has 3 rings (SSSR count). The Morgan fingerprint density at radius 2 is 1.59 bits per heavy atom. The highest BCUT2D eigenvalue weighted by molar-refractivity contribution is 9.10. The Balaban J connectivity index is 1.44. The number of halogens is 1. The van der Waals surface area contributed by atoms with E-state index in [0.717, 1.165) is 41.0 Å². The van der Waals surface area contributed by atoms with Crippen LogP contribution in [0.5, 0.6) is 11.5 Å². The Labute approximate surface area is 169 Å². The van der Waals surface area contributed by atoms with E-state index in [4.69, 9.17) is 9.47 Å². The van der Waals surface area contributed by atoms with Crippen molar-refractivity contribution in [2.75, 3.05) is 13.7 Å². The Kier molecular flexibility index (Phi) is 7.31. The predicted molar refractivity (Wildman–Crippen MR) is 113 cm³/mol. The SMILES string of the molecule is COc1ccc(CCNCc2ccc(OCc3ccccc3)c(Br)c2)cc1. The van der Waals surface area contributed by atoms with Crippen molar-refractivity contribution in [2.24, 2.45) is 0 Å². The lowest BCUT2D eigenvalue weighted by molar-refractivity contribution is 0.304. The fourth-order valence-corrected chi connectivity index (χ4v) is 3.30. The highest BCUT2D eigenvalue weighted by Crippen LogP contribution is 2.26. The first-order valence-corrected chi connectivity index (χ1v) is 9.83. The van der Waals surface area contributed by atoms with E-state index in [1.54, 1.807) is 7.11 Å². The zero-order valence-electron chi connectivity index (χ0n) is 15.5. The fourth-order valence-electron chi connectivity index (χ4n) is 2.76. The average Bonchev–Trinajstić information content (AvgIpc) is 2.72. The highest BCUT2D eigenvalue weighted by Gasteiger charge is 2.04. The molecule has 0 aliphatic heterocycles. The molecule has 0 unspecified atom stereocenters. The summed E-state index contributed by atoms with van der Waals surface area (Å²) in [4.78, 5) is 0. The molecule has 3 aromatic carbocycles. The molecule has 27 heavy (non-hydrogen) atoms. The van der Waals surface area contributed by atoms with Gasteiger partial charge in [-0.25, -0.2) is 0 Å². The maximum absolute atomic E-state index is 5.90. The Morgan fingerprint density at radius 3 is 2.30 bits per heavy atom. The average molecular weight is 426 g/mol. The number of nitrogens with one attached hydrogen (secondary N) is 1. The van der Waals surface area contributed by atoms with Crippen molar-refractivity contribution < 1.29 is 9.47 Å². The van der Waals surface area contributed by atoms with Gasteiger partial charge in [0.15, 0.2) is 0 Å². The molecule has 3 nitrogen and oxygen atoms in total. The van der Waals surface area contributed by atoms with Crippen molar-refractivity contribution in [1.82, 2.24) is 5.32 Å². The van der Waals surface area contributed by atoms with Gasteiger partial charge < -0.3 is 14.8 Å². The smallest absolute Gasteiger partial charge is 0.134 e. The van der Waals surface area contributed by atoms with Crippen LogP contribution in [0.1, 0.15) is 16.7 Å². The molecule has 0 spiro atoms. The van der Waals surface area contributed by atoms with E-state index in [1.165, 1.54) is 11.1 Å². The highest BCUT2D eigenvalue weighted by atomic mass is 79.9. The third-order valence-electron chi connectivity index (χ3n) is 4.31. The quantitative estimate of drug-likeness (QED) is 0.467. The Bertz CT molecular complexity index is 835. The van der Waals surface area contributed by atoms with Gasteiger partial charge in [-0.2, -0.15) is 0 Å². The second-order valence-electron chi connectivity index (χ2n) is 6.31. The zero-order chi connectivity index (χ0) is 18.9. The van der Waals surface area contributed by atoms with Gasteiger partial charge in [0.25, 0.3) is 0 Å². The fraction of sp³-hybridized carbons (Fsp3) is 0.217. The van der Waals surface area contributed by atoms with E-state index in [2.05, 4.69) is 57.6 Å². The second-order valence-corrected chi connectivity index (χ2v) is 7.17. The van der Waals surface area contributed by atoms with Crippen LogP contribution in [-0.4, -0.2) is 13.7 Å². The summed E-state index contributed by atoms with van der Waals surface area (Å²) in [6.07, 6.45) is 0.990. The Morgan fingerprint density at radius 1 is 0.852 bits per heavy atom. The number of rotatable bonds is 9. The van der Waals surface area contributed by atoms with E-state index >= 15 is 0 Å². The standard InChI is InChI=1S/C23H24BrNO2/c1-26-21-10-7-18(8-11-21)13-14-25-16-20-9-12-23(22(24)15-20)27-17-19-5-3-2-4-6-19/h2-12,15,25H,13-14,16-17H2,1H3. The van der Waals surface area contributed by atoms with Gasteiger partial charge in [-0.05, 0) is 69.9 Å². The molecule has 0 fully saturated rings. The first-order chi connectivity index (χ1) is 13.2. The molecule has 0 aliphatic rings. The Hall–Kier alpha value is -2.30. The summed E-state index contributed by atoms with van der Waals surface area (Å²) < 4.78 is 12.1. The number of methoxy groups -OCH3 is 1. The third-order valence-corrected chi connectivity index (χ3v) is 4.93. The van der Waals surface area contributed by atoms with Crippen LogP contribution in [0.2, 0.25) is 0 Å². The van der Waals surface area contributed by atoms with Crippen LogP contribution >= 0.6 is 15.9 Å². The summed E-state index contributed by atoms with van der Waals surface area (Å²) in [5.41, 5.74) is 3.69. The molecule has 0 saturated carbocycles. The molecule has 0 radical (unpaired) electrons. The summed E-state index contributed by atoms with van der Waals surface area (Å²) in [6, 6.07) is 24.6. The van der Waals surface area contributed by atoms with E-state index in [0.29, 0.717) is 6.61 Å². The minimum atomic E-state index is 0.568. The molecule has 4 heteroatoms. The molecule has 140 valence electrons. The molecule has 0 aromatic heterocycles. The van der Waals surface area contributed by atoms with Crippen molar-refractivity contribution >= 4 is 15.9 Å². The van der Waals surface area contributed by atoms with E-state index < -0.39 is 0 Å². The van der Waals surface area contributed by atoms with E-state index in [-0.39, 0.29) is 0 Å². The van der Waals surface area contributed by atoms with Gasteiger partial charge in [0, 0.05) is 6.54 Å².